The van der Waals surface area contributed by atoms with E-state index in [4.69, 9.17) is 5.11 Å². The summed E-state index contributed by atoms with van der Waals surface area (Å²) in [7, 11) is 0. The van der Waals surface area contributed by atoms with Crippen molar-refractivity contribution in [3.05, 3.63) is 64.7 Å². The minimum absolute atomic E-state index is 0.187. The molecule has 0 bridgehead atoms. The number of hydrogen-bond acceptors (Lipinski definition) is 2. The second-order valence-electron chi connectivity index (χ2n) is 4.82. The molecule has 1 unspecified atom stereocenters. The van der Waals surface area contributed by atoms with Gasteiger partial charge in [0.25, 0.3) is 0 Å². The lowest BCUT2D eigenvalue weighted by Gasteiger charge is -2.19. The Hall–Kier alpha value is -2.43. The minimum Gasteiger partial charge on any atom is -0.478 e. The summed E-state index contributed by atoms with van der Waals surface area (Å²) < 4.78 is 26.7. The van der Waals surface area contributed by atoms with E-state index in [0.717, 1.165) is 6.07 Å². The Morgan fingerprint density at radius 1 is 1.24 bits per heavy atom. The second kappa shape index (κ2) is 5.91. The molecule has 1 atom stereocenters. The van der Waals surface area contributed by atoms with Crippen molar-refractivity contribution < 1.29 is 18.7 Å². The van der Waals surface area contributed by atoms with E-state index in [9.17, 15) is 13.6 Å². The number of anilines is 1. The number of carboxylic acids is 1. The monoisotopic (exact) mass is 291 g/mol. The van der Waals surface area contributed by atoms with Gasteiger partial charge in [-0.3, -0.25) is 0 Å². The fourth-order valence-electron chi connectivity index (χ4n) is 2.19. The molecule has 3 nitrogen and oxygen atoms in total. The molecule has 0 saturated heterocycles. The largest absolute Gasteiger partial charge is 0.478 e. The number of rotatable bonds is 4. The molecular formula is C16H15F2NO2. The smallest absolute Gasteiger partial charge is 0.336 e. The van der Waals surface area contributed by atoms with Gasteiger partial charge >= 0.3 is 5.97 Å². The number of carbonyl (C=O) groups is 1. The molecule has 0 aromatic heterocycles. The summed E-state index contributed by atoms with van der Waals surface area (Å²) in [6.45, 7) is 3.41. The highest BCUT2D eigenvalue weighted by molar-refractivity contribution is 5.91. The van der Waals surface area contributed by atoms with Crippen molar-refractivity contribution in [3.63, 3.8) is 0 Å². The van der Waals surface area contributed by atoms with Crippen LogP contribution < -0.4 is 5.32 Å². The van der Waals surface area contributed by atoms with Crippen molar-refractivity contribution in [2.24, 2.45) is 0 Å². The Bertz CT molecular complexity index is 686. The molecule has 0 fully saturated rings. The van der Waals surface area contributed by atoms with E-state index in [0.29, 0.717) is 16.8 Å². The third kappa shape index (κ3) is 3.18. The summed E-state index contributed by atoms with van der Waals surface area (Å²) in [6.07, 6.45) is 0. The third-order valence-corrected chi connectivity index (χ3v) is 3.37. The van der Waals surface area contributed by atoms with Crippen LogP contribution in [0, 0.1) is 18.6 Å². The first-order chi connectivity index (χ1) is 9.90. The molecule has 2 rings (SSSR count). The summed E-state index contributed by atoms with van der Waals surface area (Å²) in [5.41, 5.74) is 1.67. The molecule has 110 valence electrons. The van der Waals surface area contributed by atoms with Crippen LogP contribution in [0.25, 0.3) is 0 Å². The zero-order chi connectivity index (χ0) is 15.6. The van der Waals surface area contributed by atoms with Gasteiger partial charge in [0.15, 0.2) is 0 Å². The van der Waals surface area contributed by atoms with Crippen LogP contribution in [0.4, 0.5) is 14.5 Å². The van der Waals surface area contributed by atoms with Crippen molar-refractivity contribution in [1.29, 1.82) is 0 Å². The van der Waals surface area contributed by atoms with Crippen molar-refractivity contribution in [2.75, 3.05) is 5.32 Å². The molecule has 2 N–H and O–H groups in total. The third-order valence-electron chi connectivity index (χ3n) is 3.37. The number of benzene rings is 2. The lowest BCUT2D eigenvalue weighted by molar-refractivity contribution is 0.0696. The van der Waals surface area contributed by atoms with E-state index in [1.165, 1.54) is 18.2 Å². The molecule has 0 aliphatic rings. The highest BCUT2D eigenvalue weighted by Crippen LogP contribution is 2.26. The minimum atomic E-state index is -1.02. The molecule has 0 spiro atoms. The van der Waals surface area contributed by atoms with Crippen LogP contribution in [-0.2, 0) is 0 Å². The topological polar surface area (TPSA) is 49.3 Å². The van der Waals surface area contributed by atoms with Crippen LogP contribution in [0.15, 0.2) is 36.4 Å². The highest BCUT2D eigenvalue weighted by atomic mass is 19.1. The van der Waals surface area contributed by atoms with E-state index in [1.807, 2.05) is 0 Å². The molecule has 5 heteroatoms. The lowest BCUT2D eigenvalue weighted by atomic mass is 10.0. The first kappa shape index (κ1) is 15.0. The predicted molar refractivity (Wildman–Crippen MR) is 76.5 cm³/mol. The summed E-state index contributed by atoms with van der Waals surface area (Å²) in [5, 5.41) is 12.1. The van der Waals surface area contributed by atoms with Crippen LogP contribution in [-0.4, -0.2) is 11.1 Å². The van der Waals surface area contributed by atoms with Crippen LogP contribution in [0.5, 0.6) is 0 Å². The van der Waals surface area contributed by atoms with Gasteiger partial charge in [-0.15, -0.1) is 0 Å². The Kier molecular flexibility index (Phi) is 4.21. The van der Waals surface area contributed by atoms with E-state index >= 15 is 0 Å². The Morgan fingerprint density at radius 2 is 1.95 bits per heavy atom. The summed E-state index contributed by atoms with van der Waals surface area (Å²) in [5.74, 6) is -2.29. The molecule has 21 heavy (non-hydrogen) atoms. The number of aromatic carboxylic acids is 1. The summed E-state index contributed by atoms with van der Waals surface area (Å²) in [6, 6.07) is 7.82. The molecular weight excluding hydrogens is 276 g/mol. The fourth-order valence-corrected chi connectivity index (χ4v) is 2.19. The van der Waals surface area contributed by atoms with E-state index in [-0.39, 0.29) is 5.56 Å². The quantitative estimate of drug-likeness (QED) is 0.890. The van der Waals surface area contributed by atoms with Gasteiger partial charge in [0.05, 0.1) is 11.6 Å². The molecule has 0 aliphatic heterocycles. The number of nitrogens with one attached hydrogen (secondary N) is 1. The SMILES string of the molecule is Cc1c(NC(C)c2ccc(F)cc2F)cccc1C(=O)O. The molecule has 2 aromatic carbocycles. The molecule has 0 amide bonds. The predicted octanol–water partition coefficient (Wildman–Crippen LogP) is 4.14. The van der Waals surface area contributed by atoms with Crippen molar-refractivity contribution in [3.8, 4) is 0 Å². The van der Waals surface area contributed by atoms with Crippen LogP contribution in [0.3, 0.4) is 0 Å². The van der Waals surface area contributed by atoms with E-state index < -0.39 is 23.6 Å². The lowest BCUT2D eigenvalue weighted by Crippen LogP contribution is -2.11. The van der Waals surface area contributed by atoms with Crippen LogP contribution >= 0.6 is 0 Å². The van der Waals surface area contributed by atoms with Gasteiger partial charge in [-0.25, -0.2) is 13.6 Å². The van der Waals surface area contributed by atoms with E-state index in [2.05, 4.69) is 5.32 Å². The molecule has 0 radical (unpaired) electrons. The molecule has 0 aliphatic carbocycles. The first-order valence-corrected chi connectivity index (χ1v) is 6.44. The summed E-state index contributed by atoms with van der Waals surface area (Å²) in [4.78, 5) is 11.1. The summed E-state index contributed by atoms with van der Waals surface area (Å²) >= 11 is 0. The van der Waals surface area contributed by atoms with Gasteiger partial charge in [0.2, 0.25) is 0 Å². The molecule has 0 saturated carbocycles. The zero-order valence-electron chi connectivity index (χ0n) is 11.7. The van der Waals surface area contributed by atoms with Gasteiger partial charge in [-0.2, -0.15) is 0 Å². The van der Waals surface area contributed by atoms with Crippen molar-refractivity contribution in [2.45, 2.75) is 19.9 Å². The Balaban J connectivity index is 2.29. The maximum atomic E-state index is 13.7. The maximum absolute atomic E-state index is 13.7. The fraction of sp³-hybridized carbons (Fsp3) is 0.188. The maximum Gasteiger partial charge on any atom is 0.336 e. The second-order valence-corrected chi connectivity index (χ2v) is 4.82. The number of halogens is 2. The van der Waals surface area contributed by atoms with Crippen molar-refractivity contribution in [1.82, 2.24) is 0 Å². The van der Waals surface area contributed by atoms with E-state index in [1.54, 1.807) is 26.0 Å². The average Bonchev–Trinajstić information content (AvgIpc) is 2.40. The highest BCUT2D eigenvalue weighted by Gasteiger charge is 2.15. The normalized spacial score (nSPS) is 12.0. The zero-order valence-corrected chi connectivity index (χ0v) is 11.7. The average molecular weight is 291 g/mol. The standard InChI is InChI=1S/C16H15F2NO2/c1-9-12(16(20)21)4-3-5-15(9)19-10(2)13-7-6-11(17)8-14(13)18/h3-8,10,19H,1-2H3,(H,20,21). The molecule has 0 heterocycles. The first-order valence-electron chi connectivity index (χ1n) is 6.44. The number of hydrogen-bond donors (Lipinski definition) is 2. The van der Waals surface area contributed by atoms with Crippen LogP contribution in [0.1, 0.15) is 34.5 Å². The van der Waals surface area contributed by atoms with Gasteiger partial charge < -0.3 is 10.4 Å². The van der Waals surface area contributed by atoms with Gasteiger partial charge in [0, 0.05) is 17.3 Å². The van der Waals surface area contributed by atoms with Gasteiger partial charge in [-0.05, 0) is 37.6 Å². The van der Waals surface area contributed by atoms with Crippen LogP contribution in [0.2, 0.25) is 0 Å². The van der Waals surface area contributed by atoms with Crippen molar-refractivity contribution >= 4 is 11.7 Å². The van der Waals surface area contributed by atoms with Gasteiger partial charge in [-0.1, -0.05) is 12.1 Å². The molecule has 2 aromatic rings. The number of carboxylic acid groups (broad SMARTS) is 1. The Morgan fingerprint density at radius 3 is 2.57 bits per heavy atom. The Labute approximate surface area is 121 Å². The van der Waals surface area contributed by atoms with Gasteiger partial charge in [0.1, 0.15) is 11.6 Å².